The Balaban J connectivity index is 3.35. The molecule has 0 heterocycles. The Bertz CT molecular complexity index is 46.3. The molecule has 8 heavy (non-hydrogen) atoms. The van der Waals surface area contributed by atoms with E-state index in [0.717, 1.165) is 13.1 Å². The van der Waals surface area contributed by atoms with E-state index in [0.29, 0.717) is 0 Å². The molecular formula is C7H15N. The minimum absolute atomic E-state index is 0.213. The summed E-state index contributed by atoms with van der Waals surface area (Å²) in [5.74, 6) is 0. The summed E-state index contributed by atoms with van der Waals surface area (Å²) in [5, 5.41) is 0. The van der Waals surface area contributed by atoms with E-state index in [2.05, 4.69) is 32.6 Å². The van der Waals surface area contributed by atoms with E-state index in [4.69, 9.17) is 0 Å². The fourth-order valence-electron chi connectivity index (χ4n) is 0.740. The zero-order valence-electron chi connectivity index (χ0n) is 5.85. The molecule has 0 unspecified atom stereocenters. The summed E-state index contributed by atoms with van der Waals surface area (Å²) in [6, 6.07) is 0.213. The van der Waals surface area contributed by atoms with Gasteiger partial charge in [0.15, 0.2) is 0 Å². The molecule has 1 heteroatoms. The van der Waals surface area contributed by atoms with Gasteiger partial charge in [-0.25, -0.2) is 0 Å². The fraction of sp³-hybridized carbons (Fsp3) is 0.714. The number of hydrogen-bond acceptors (Lipinski definition) is 1. The van der Waals surface area contributed by atoms with Crippen molar-refractivity contribution < 1.29 is 0 Å². The van der Waals surface area contributed by atoms with Gasteiger partial charge in [0.05, 0.1) is 0 Å². The standard InChI is InChI=1S/C7H15N/c1-5-8(6-2)7(3)4/h7H,3-6H2,1-2H3. The number of nitrogens with zero attached hydrogens (tertiary/aromatic N) is 1. The lowest BCUT2D eigenvalue weighted by atomic mass is 10.3. The molecule has 0 saturated heterocycles. The van der Waals surface area contributed by atoms with Crippen LogP contribution in [0, 0.1) is 13.8 Å². The molecule has 0 aromatic carbocycles. The zero-order chi connectivity index (χ0) is 6.57. The molecule has 0 aliphatic heterocycles. The van der Waals surface area contributed by atoms with Gasteiger partial charge in [0, 0.05) is 6.04 Å². The predicted molar refractivity (Wildman–Crippen MR) is 37.4 cm³/mol. The molecule has 0 aromatic rings. The van der Waals surface area contributed by atoms with Crippen LogP contribution in [0.2, 0.25) is 0 Å². The van der Waals surface area contributed by atoms with Crippen LogP contribution in [-0.4, -0.2) is 24.0 Å². The summed E-state index contributed by atoms with van der Waals surface area (Å²) >= 11 is 0. The lowest BCUT2D eigenvalue weighted by Gasteiger charge is -2.21. The Morgan fingerprint density at radius 1 is 1.25 bits per heavy atom. The first-order valence-corrected chi connectivity index (χ1v) is 3.12. The minimum Gasteiger partial charge on any atom is -0.301 e. The van der Waals surface area contributed by atoms with Gasteiger partial charge in [0.25, 0.3) is 0 Å². The van der Waals surface area contributed by atoms with E-state index in [1.54, 1.807) is 0 Å². The van der Waals surface area contributed by atoms with E-state index in [1.807, 2.05) is 0 Å². The number of rotatable bonds is 3. The Morgan fingerprint density at radius 3 is 1.62 bits per heavy atom. The highest BCUT2D eigenvalue weighted by atomic mass is 15.1. The Labute approximate surface area is 52.7 Å². The van der Waals surface area contributed by atoms with Crippen LogP contribution in [0.4, 0.5) is 0 Å². The van der Waals surface area contributed by atoms with Crippen molar-refractivity contribution in [1.82, 2.24) is 4.90 Å². The molecular weight excluding hydrogens is 98.1 g/mol. The molecule has 0 rings (SSSR count). The third-order valence-corrected chi connectivity index (χ3v) is 1.33. The lowest BCUT2D eigenvalue weighted by Crippen LogP contribution is -2.30. The van der Waals surface area contributed by atoms with Crippen LogP contribution in [0.3, 0.4) is 0 Å². The normalized spacial score (nSPS) is 11.2. The van der Waals surface area contributed by atoms with E-state index in [9.17, 15) is 0 Å². The molecule has 0 N–H and O–H groups in total. The molecule has 0 aliphatic rings. The highest BCUT2D eigenvalue weighted by Crippen LogP contribution is 1.93. The van der Waals surface area contributed by atoms with Gasteiger partial charge in [0.2, 0.25) is 0 Å². The molecule has 0 aromatic heterocycles. The second kappa shape index (κ2) is 3.90. The van der Waals surface area contributed by atoms with Gasteiger partial charge >= 0.3 is 0 Å². The van der Waals surface area contributed by atoms with Crippen LogP contribution < -0.4 is 0 Å². The minimum atomic E-state index is 0.213. The molecule has 0 fully saturated rings. The van der Waals surface area contributed by atoms with Gasteiger partial charge in [-0.15, -0.1) is 0 Å². The molecule has 2 radical (unpaired) electrons. The van der Waals surface area contributed by atoms with Crippen LogP contribution in [0.15, 0.2) is 0 Å². The fourth-order valence-corrected chi connectivity index (χ4v) is 0.740. The molecule has 1 nitrogen and oxygen atoms in total. The third kappa shape index (κ3) is 2.31. The summed E-state index contributed by atoms with van der Waals surface area (Å²) in [6.45, 7) is 13.9. The molecule has 0 spiro atoms. The summed E-state index contributed by atoms with van der Waals surface area (Å²) in [5.41, 5.74) is 0. The molecule has 0 amide bonds. The third-order valence-electron chi connectivity index (χ3n) is 1.33. The molecule has 0 aliphatic carbocycles. The van der Waals surface area contributed by atoms with Crippen molar-refractivity contribution in [3.8, 4) is 0 Å². The maximum Gasteiger partial charge on any atom is 0.00961 e. The molecule has 0 atom stereocenters. The SMILES string of the molecule is [CH2]C([CH2])N(CC)CC. The van der Waals surface area contributed by atoms with Crippen molar-refractivity contribution in [2.24, 2.45) is 0 Å². The average Bonchev–Trinajstić information content (AvgIpc) is 1.69. The highest BCUT2D eigenvalue weighted by Gasteiger charge is 2.01. The van der Waals surface area contributed by atoms with Gasteiger partial charge < -0.3 is 4.90 Å². The van der Waals surface area contributed by atoms with Crippen molar-refractivity contribution in [1.29, 1.82) is 0 Å². The first-order chi connectivity index (χ1) is 3.72. The molecule has 0 bridgehead atoms. The summed E-state index contributed by atoms with van der Waals surface area (Å²) in [7, 11) is 0. The van der Waals surface area contributed by atoms with Crippen molar-refractivity contribution in [3.63, 3.8) is 0 Å². The monoisotopic (exact) mass is 113 g/mol. The maximum atomic E-state index is 3.80. The van der Waals surface area contributed by atoms with E-state index >= 15 is 0 Å². The number of hydrogen-bond donors (Lipinski definition) is 0. The van der Waals surface area contributed by atoms with Crippen LogP contribution in [0.1, 0.15) is 13.8 Å². The van der Waals surface area contributed by atoms with Gasteiger partial charge in [-0.2, -0.15) is 0 Å². The maximum absolute atomic E-state index is 3.80. The van der Waals surface area contributed by atoms with E-state index in [-0.39, 0.29) is 6.04 Å². The van der Waals surface area contributed by atoms with Gasteiger partial charge in [-0.3, -0.25) is 0 Å². The van der Waals surface area contributed by atoms with Crippen LogP contribution in [-0.2, 0) is 0 Å². The van der Waals surface area contributed by atoms with Crippen molar-refractivity contribution in [3.05, 3.63) is 13.8 Å². The summed E-state index contributed by atoms with van der Waals surface area (Å²) in [4.78, 5) is 2.19. The van der Waals surface area contributed by atoms with Crippen LogP contribution in [0.5, 0.6) is 0 Å². The topological polar surface area (TPSA) is 3.24 Å². The average molecular weight is 113 g/mol. The quantitative estimate of drug-likeness (QED) is 0.534. The Morgan fingerprint density at radius 2 is 1.62 bits per heavy atom. The molecule has 48 valence electrons. The van der Waals surface area contributed by atoms with Crippen molar-refractivity contribution in [2.45, 2.75) is 19.9 Å². The lowest BCUT2D eigenvalue weighted by molar-refractivity contribution is 0.285. The Hall–Kier alpha value is -0.0400. The summed E-state index contributed by atoms with van der Waals surface area (Å²) < 4.78 is 0. The molecule has 0 saturated carbocycles. The second-order valence-corrected chi connectivity index (χ2v) is 1.88. The Kier molecular flexibility index (Phi) is 3.88. The van der Waals surface area contributed by atoms with E-state index in [1.165, 1.54) is 0 Å². The second-order valence-electron chi connectivity index (χ2n) is 1.88. The van der Waals surface area contributed by atoms with Crippen molar-refractivity contribution in [2.75, 3.05) is 13.1 Å². The largest absolute Gasteiger partial charge is 0.301 e. The highest BCUT2D eigenvalue weighted by molar-refractivity contribution is 4.73. The predicted octanol–water partition coefficient (Wildman–Crippen LogP) is 1.36. The zero-order valence-corrected chi connectivity index (χ0v) is 5.85. The van der Waals surface area contributed by atoms with Gasteiger partial charge in [-0.1, -0.05) is 13.8 Å². The summed E-state index contributed by atoms with van der Waals surface area (Å²) in [6.07, 6.45) is 0. The van der Waals surface area contributed by atoms with E-state index < -0.39 is 0 Å². The first-order valence-electron chi connectivity index (χ1n) is 3.12. The first kappa shape index (κ1) is 7.96. The van der Waals surface area contributed by atoms with Gasteiger partial charge in [0.1, 0.15) is 0 Å². The van der Waals surface area contributed by atoms with Gasteiger partial charge in [-0.05, 0) is 26.9 Å². The van der Waals surface area contributed by atoms with Crippen molar-refractivity contribution >= 4 is 0 Å². The van der Waals surface area contributed by atoms with Crippen LogP contribution in [0.25, 0.3) is 0 Å². The van der Waals surface area contributed by atoms with Crippen LogP contribution >= 0.6 is 0 Å². The smallest absolute Gasteiger partial charge is 0.00961 e.